The van der Waals surface area contributed by atoms with Crippen LogP contribution in [0.2, 0.25) is 0 Å². The molecule has 1 unspecified atom stereocenters. The number of nitrogens with one attached hydrogen (secondary N) is 1. The molecule has 0 spiro atoms. The van der Waals surface area contributed by atoms with Gasteiger partial charge in [0.05, 0.1) is 6.42 Å². The van der Waals surface area contributed by atoms with Crippen LogP contribution in [0, 0.1) is 0 Å². The van der Waals surface area contributed by atoms with Crippen LogP contribution in [-0.4, -0.2) is 41.0 Å². The minimum absolute atomic E-state index is 0.207. The third kappa shape index (κ3) is 4.30. The molecule has 1 aliphatic rings. The molecule has 4 nitrogen and oxygen atoms in total. The topological polar surface area (TPSA) is 45.2 Å². The molecule has 2 rings (SSSR count). The lowest BCUT2D eigenvalue weighted by Crippen LogP contribution is -2.48. The van der Waals surface area contributed by atoms with Gasteiger partial charge >= 0.3 is 0 Å². The molecule has 1 saturated heterocycles. The van der Waals surface area contributed by atoms with E-state index in [2.05, 4.69) is 24.1 Å². The Morgan fingerprint density at radius 1 is 1.40 bits per heavy atom. The van der Waals surface area contributed by atoms with Crippen LogP contribution in [0.5, 0.6) is 0 Å². The van der Waals surface area contributed by atoms with E-state index >= 15 is 0 Å². The highest BCUT2D eigenvalue weighted by Gasteiger charge is 2.22. The summed E-state index contributed by atoms with van der Waals surface area (Å²) in [4.78, 5) is 18.5. The fourth-order valence-corrected chi connectivity index (χ4v) is 2.69. The second kappa shape index (κ2) is 7.39. The number of carbonyl (C=O) groups excluding carboxylic acids is 1. The number of hydrogen-bond donors (Lipinski definition) is 1. The molecule has 4 heteroatoms. The standard InChI is InChI=1S/C16H25N3O/c1-13(2)19(12-15-5-3-4-8-18-15)16(20)11-14-6-9-17-10-7-14/h6-7,9-10,13,15,18H,3-5,8,11-12H2,1-2H3. The van der Waals surface area contributed by atoms with Gasteiger partial charge in [-0.1, -0.05) is 6.42 Å². The molecule has 0 aliphatic carbocycles. The van der Waals surface area contributed by atoms with Crippen LogP contribution < -0.4 is 5.32 Å². The summed E-state index contributed by atoms with van der Waals surface area (Å²) in [5.41, 5.74) is 1.03. The van der Waals surface area contributed by atoms with E-state index in [-0.39, 0.29) is 11.9 Å². The molecular formula is C16H25N3O. The maximum Gasteiger partial charge on any atom is 0.227 e. The second-order valence-corrected chi connectivity index (χ2v) is 5.82. The molecule has 0 radical (unpaired) electrons. The van der Waals surface area contributed by atoms with Crippen molar-refractivity contribution >= 4 is 5.91 Å². The van der Waals surface area contributed by atoms with Crippen molar-refractivity contribution in [1.29, 1.82) is 0 Å². The van der Waals surface area contributed by atoms with Crippen molar-refractivity contribution in [2.45, 2.75) is 51.6 Å². The Balaban J connectivity index is 1.95. The third-order valence-corrected chi connectivity index (χ3v) is 3.88. The summed E-state index contributed by atoms with van der Waals surface area (Å²) in [6, 6.07) is 4.52. The summed E-state index contributed by atoms with van der Waals surface area (Å²) < 4.78 is 0. The Hall–Kier alpha value is -1.42. The lowest BCUT2D eigenvalue weighted by atomic mass is 10.0. The van der Waals surface area contributed by atoms with E-state index in [0.717, 1.165) is 18.7 Å². The molecular weight excluding hydrogens is 250 g/mol. The SMILES string of the molecule is CC(C)N(CC1CCCCN1)C(=O)Cc1ccncc1. The number of amides is 1. The summed E-state index contributed by atoms with van der Waals surface area (Å²) in [7, 11) is 0. The van der Waals surface area contributed by atoms with E-state index in [1.165, 1.54) is 19.3 Å². The van der Waals surface area contributed by atoms with Crippen molar-refractivity contribution in [3.8, 4) is 0 Å². The first-order valence-corrected chi connectivity index (χ1v) is 7.58. The van der Waals surface area contributed by atoms with Gasteiger partial charge in [0.2, 0.25) is 5.91 Å². The Labute approximate surface area is 121 Å². The van der Waals surface area contributed by atoms with Crippen molar-refractivity contribution in [2.75, 3.05) is 13.1 Å². The van der Waals surface area contributed by atoms with Gasteiger partial charge in [0, 0.05) is 31.0 Å². The average Bonchev–Trinajstić information content (AvgIpc) is 2.46. The summed E-state index contributed by atoms with van der Waals surface area (Å²) in [5.74, 6) is 0.207. The number of hydrogen-bond acceptors (Lipinski definition) is 3. The number of nitrogens with zero attached hydrogens (tertiary/aromatic N) is 2. The highest BCUT2D eigenvalue weighted by molar-refractivity contribution is 5.79. The van der Waals surface area contributed by atoms with E-state index in [1.54, 1.807) is 12.4 Å². The predicted octanol–water partition coefficient (Wildman–Crippen LogP) is 2.00. The number of carbonyl (C=O) groups is 1. The fraction of sp³-hybridized carbons (Fsp3) is 0.625. The lowest BCUT2D eigenvalue weighted by Gasteiger charge is -2.33. The van der Waals surface area contributed by atoms with Crippen LogP contribution in [0.4, 0.5) is 0 Å². The zero-order chi connectivity index (χ0) is 14.4. The Morgan fingerprint density at radius 2 is 2.15 bits per heavy atom. The van der Waals surface area contributed by atoms with Gasteiger partial charge in [-0.15, -0.1) is 0 Å². The van der Waals surface area contributed by atoms with Crippen LogP contribution in [0.25, 0.3) is 0 Å². The highest BCUT2D eigenvalue weighted by Crippen LogP contribution is 2.12. The van der Waals surface area contributed by atoms with Gasteiger partial charge in [0.15, 0.2) is 0 Å². The molecule has 110 valence electrons. The van der Waals surface area contributed by atoms with Crippen molar-refractivity contribution in [2.24, 2.45) is 0 Å². The van der Waals surface area contributed by atoms with Crippen LogP contribution >= 0.6 is 0 Å². The maximum atomic E-state index is 12.5. The molecule has 1 amide bonds. The van der Waals surface area contributed by atoms with Crippen molar-refractivity contribution < 1.29 is 4.79 Å². The molecule has 20 heavy (non-hydrogen) atoms. The monoisotopic (exact) mass is 275 g/mol. The Kier molecular flexibility index (Phi) is 5.53. The number of piperidine rings is 1. The number of rotatable bonds is 5. The molecule has 0 saturated carbocycles. The molecule has 1 fully saturated rings. The highest BCUT2D eigenvalue weighted by atomic mass is 16.2. The van der Waals surface area contributed by atoms with E-state index in [9.17, 15) is 4.79 Å². The van der Waals surface area contributed by atoms with Gasteiger partial charge in [0.1, 0.15) is 0 Å². The predicted molar refractivity (Wildman–Crippen MR) is 80.4 cm³/mol. The normalized spacial score (nSPS) is 19.1. The van der Waals surface area contributed by atoms with E-state index in [0.29, 0.717) is 12.5 Å². The van der Waals surface area contributed by atoms with Gasteiger partial charge in [-0.05, 0) is 50.9 Å². The number of aromatic nitrogens is 1. The molecule has 0 bridgehead atoms. The van der Waals surface area contributed by atoms with Crippen molar-refractivity contribution in [3.05, 3.63) is 30.1 Å². The van der Waals surface area contributed by atoms with Gasteiger partial charge in [-0.2, -0.15) is 0 Å². The molecule has 1 aromatic heterocycles. The summed E-state index contributed by atoms with van der Waals surface area (Å²) in [6.07, 6.45) is 7.64. The van der Waals surface area contributed by atoms with Crippen molar-refractivity contribution in [3.63, 3.8) is 0 Å². The summed E-state index contributed by atoms with van der Waals surface area (Å²) in [6.45, 7) is 6.08. The Morgan fingerprint density at radius 3 is 2.75 bits per heavy atom. The first-order valence-electron chi connectivity index (χ1n) is 7.58. The fourth-order valence-electron chi connectivity index (χ4n) is 2.69. The molecule has 2 heterocycles. The summed E-state index contributed by atoms with van der Waals surface area (Å²) >= 11 is 0. The average molecular weight is 275 g/mol. The summed E-state index contributed by atoms with van der Waals surface area (Å²) in [5, 5.41) is 3.52. The third-order valence-electron chi connectivity index (χ3n) is 3.88. The zero-order valence-corrected chi connectivity index (χ0v) is 12.5. The molecule has 1 atom stereocenters. The first kappa shape index (κ1) is 15.0. The largest absolute Gasteiger partial charge is 0.338 e. The zero-order valence-electron chi connectivity index (χ0n) is 12.5. The van der Waals surface area contributed by atoms with Crippen LogP contribution in [0.3, 0.4) is 0 Å². The maximum absolute atomic E-state index is 12.5. The van der Waals surface area contributed by atoms with E-state index in [4.69, 9.17) is 0 Å². The minimum atomic E-state index is 0.207. The smallest absolute Gasteiger partial charge is 0.227 e. The molecule has 1 aromatic rings. The van der Waals surface area contributed by atoms with Gasteiger partial charge in [-0.25, -0.2) is 0 Å². The quantitative estimate of drug-likeness (QED) is 0.894. The second-order valence-electron chi connectivity index (χ2n) is 5.82. The van der Waals surface area contributed by atoms with Crippen molar-refractivity contribution in [1.82, 2.24) is 15.2 Å². The molecule has 1 aliphatic heterocycles. The molecule has 0 aromatic carbocycles. The van der Waals surface area contributed by atoms with E-state index in [1.807, 2.05) is 17.0 Å². The van der Waals surface area contributed by atoms with Crippen LogP contribution in [-0.2, 0) is 11.2 Å². The minimum Gasteiger partial charge on any atom is -0.338 e. The van der Waals surface area contributed by atoms with Gasteiger partial charge in [-0.3, -0.25) is 9.78 Å². The van der Waals surface area contributed by atoms with Gasteiger partial charge < -0.3 is 10.2 Å². The van der Waals surface area contributed by atoms with Crippen LogP contribution in [0.15, 0.2) is 24.5 Å². The lowest BCUT2D eigenvalue weighted by molar-refractivity contribution is -0.132. The molecule has 1 N–H and O–H groups in total. The van der Waals surface area contributed by atoms with Crippen LogP contribution in [0.1, 0.15) is 38.7 Å². The van der Waals surface area contributed by atoms with Gasteiger partial charge in [0.25, 0.3) is 0 Å². The first-order chi connectivity index (χ1) is 9.66. The Bertz CT molecular complexity index is 413. The number of pyridine rings is 1. The van der Waals surface area contributed by atoms with E-state index < -0.39 is 0 Å².